The Hall–Kier alpha value is -3.39. The van der Waals surface area contributed by atoms with E-state index in [9.17, 15) is 9.18 Å². The Labute approximate surface area is 180 Å². The van der Waals surface area contributed by atoms with Crippen LogP contribution in [-0.2, 0) is 11.3 Å². The third-order valence-corrected chi connectivity index (χ3v) is 5.30. The zero-order valence-electron chi connectivity index (χ0n) is 17.6. The molecule has 162 valence electrons. The molecule has 2 aromatic carbocycles. The van der Waals surface area contributed by atoms with Crippen LogP contribution >= 0.6 is 0 Å². The van der Waals surface area contributed by atoms with Gasteiger partial charge in [-0.25, -0.2) is 13.9 Å². The normalized spacial score (nSPS) is 13.5. The number of rotatable bonds is 8. The van der Waals surface area contributed by atoms with Crippen LogP contribution in [0.4, 0.5) is 9.18 Å². The summed E-state index contributed by atoms with van der Waals surface area (Å²) in [5, 5.41) is 8.12. The second kappa shape index (κ2) is 9.18. The predicted octanol–water partition coefficient (Wildman–Crippen LogP) is 3.54. The number of ether oxygens (including phenoxy) is 2. The molecule has 0 bridgehead atoms. The number of nitrogens with zero attached hydrogens (tertiary/aromatic N) is 3. The largest absolute Gasteiger partial charge is 0.494 e. The van der Waals surface area contributed by atoms with Crippen LogP contribution in [0, 0.1) is 12.7 Å². The van der Waals surface area contributed by atoms with Crippen molar-refractivity contribution < 1.29 is 18.7 Å². The van der Waals surface area contributed by atoms with E-state index >= 15 is 0 Å². The number of methoxy groups -OCH3 is 1. The van der Waals surface area contributed by atoms with Gasteiger partial charge < -0.3 is 19.7 Å². The van der Waals surface area contributed by atoms with Crippen LogP contribution in [0.25, 0.3) is 16.9 Å². The molecule has 7 nitrogen and oxygen atoms in total. The first-order valence-electron chi connectivity index (χ1n) is 10.2. The second-order valence-electron chi connectivity index (χ2n) is 7.36. The highest BCUT2D eigenvalue weighted by Gasteiger charge is 2.21. The summed E-state index contributed by atoms with van der Waals surface area (Å²) < 4.78 is 26.2. The Morgan fingerprint density at radius 2 is 2.10 bits per heavy atom. The Morgan fingerprint density at radius 3 is 2.81 bits per heavy atom. The molecule has 0 radical (unpaired) electrons. The fourth-order valence-corrected chi connectivity index (χ4v) is 3.61. The first-order valence-corrected chi connectivity index (χ1v) is 10.2. The molecule has 1 saturated heterocycles. The number of para-hydroxylation sites is 1. The zero-order valence-corrected chi connectivity index (χ0v) is 17.6. The average Bonchev–Trinajstić information content (AvgIpc) is 3.37. The van der Waals surface area contributed by atoms with Crippen molar-refractivity contribution in [2.24, 2.45) is 0 Å². The molecule has 1 aliphatic rings. The molecule has 1 aromatic heterocycles. The molecule has 1 fully saturated rings. The molecule has 31 heavy (non-hydrogen) atoms. The number of cyclic esters (lactones) is 1. The molecule has 2 heterocycles. The number of amides is 1. The number of aromatic nitrogens is 2. The van der Waals surface area contributed by atoms with Crippen molar-refractivity contribution in [3.63, 3.8) is 0 Å². The number of carbonyl (C=O) groups is 1. The van der Waals surface area contributed by atoms with Gasteiger partial charge in [0.05, 0.1) is 25.0 Å². The van der Waals surface area contributed by atoms with Crippen LogP contribution < -0.4 is 10.1 Å². The van der Waals surface area contributed by atoms with E-state index in [-0.39, 0.29) is 11.8 Å². The molecule has 3 aromatic rings. The third-order valence-electron chi connectivity index (χ3n) is 5.30. The summed E-state index contributed by atoms with van der Waals surface area (Å²) in [5.41, 5.74) is 4.34. The number of carbonyl (C=O) groups excluding carboxylic acids is 1. The Morgan fingerprint density at radius 1 is 1.26 bits per heavy atom. The Bertz CT molecular complexity index is 1080. The van der Waals surface area contributed by atoms with Crippen LogP contribution in [0.1, 0.15) is 11.1 Å². The first kappa shape index (κ1) is 20.9. The summed E-state index contributed by atoms with van der Waals surface area (Å²) in [6.07, 6.45) is 1.68. The van der Waals surface area contributed by atoms with Crippen molar-refractivity contribution in [3.05, 3.63) is 65.6 Å². The monoisotopic (exact) mass is 424 g/mol. The number of aryl methyl sites for hydroxylation is 1. The molecule has 8 heteroatoms. The summed E-state index contributed by atoms with van der Waals surface area (Å²) in [6.45, 7) is 4.78. The van der Waals surface area contributed by atoms with Crippen LogP contribution in [0.3, 0.4) is 0 Å². The summed E-state index contributed by atoms with van der Waals surface area (Å²) in [6, 6.07) is 12.8. The lowest BCUT2D eigenvalue weighted by Crippen LogP contribution is -2.32. The number of benzene rings is 2. The van der Waals surface area contributed by atoms with Gasteiger partial charge in [0.1, 0.15) is 6.61 Å². The van der Waals surface area contributed by atoms with Crippen molar-refractivity contribution in [3.8, 4) is 22.7 Å². The van der Waals surface area contributed by atoms with Gasteiger partial charge in [-0.15, -0.1) is 0 Å². The number of halogens is 1. The fourth-order valence-electron chi connectivity index (χ4n) is 3.61. The lowest BCUT2D eigenvalue weighted by atomic mass is 10.1. The van der Waals surface area contributed by atoms with Crippen molar-refractivity contribution in [1.82, 2.24) is 20.0 Å². The fraction of sp³-hybridized carbons (Fsp3) is 0.304. The zero-order chi connectivity index (χ0) is 21.8. The number of nitrogens with one attached hydrogen (secondary N) is 1. The minimum absolute atomic E-state index is 0.194. The third kappa shape index (κ3) is 4.54. The quantitative estimate of drug-likeness (QED) is 0.561. The molecule has 1 N–H and O–H groups in total. The molecule has 0 aliphatic carbocycles. The van der Waals surface area contributed by atoms with Gasteiger partial charge in [-0.3, -0.25) is 0 Å². The minimum Gasteiger partial charge on any atom is -0.494 e. The van der Waals surface area contributed by atoms with Gasteiger partial charge in [0, 0.05) is 37.0 Å². The van der Waals surface area contributed by atoms with E-state index in [0.717, 1.165) is 16.8 Å². The summed E-state index contributed by atoms with van der Waals surface area (Å²) in [5.74, 6) is -0.240. The maximum absolute atomic E-state index is 14.4. The van der Waals surface area contributed by atoms with E-state index in [0.29, 0.717) is 44.0 Å². The second-order valence-corrected chi connectivity index (χ2v) is 7.36. The number of hydrogen-bond acceptors (Lipinski definition) is 5. The summed E-state index contributed by atoms with van der Waals surface area (Å²) in [4.78, 5) is 13.2. The molecular formula is C23H25FN4O3. The smallest absolute Gasteiger partial charge is 0.409 e. The molecule has 1 amide bonds. The van der Waals surface area contributed by atoms with Crippen molar-refractivity contribution in [2.45, 2.75) is 13.5 Å². The van der Waals surface area contributed by atoms with Gasteiger partial charge in [0.15, 0.2) is 11.6 Å². The SMILES string of the molecule is COc1ccc(-c2nn(-c3ccccc3C)cc2CNCCN2CCOC2=O)cc1F. The van der Waals surface area contributed by atoms with E-state index in [4.69, 9.17) is 14.6 Å². The molecule has 4 rings (SSSR count). The lowest BCUT2D eigenvalue weighted by Gasteiger charge is -2.12. The standard InChI is InChI=1S/C23H25FN4O3/c1-16-5-3-4-6-20(16)28-15-18(14-25-9-10-27-11-12-31-23(27)29)22(26-28)17-7-8-21(30-2)19(24)13-17/h3-8,13,15,25H,9-12,14H2,1-2H3. The maximum Gasteiger partial charge on any atom is 0.409 e. The molecule has 0 unspecified atom stereocenters. The van der Waals surface area contributed by atoms with E-state index in [1.807, 2.05) is 42.1 Å². The topological polar surface area (TPSA) is 68.6 Å². The van der Waals surface area contributed by atoms with E-state index in [1.54, 1.807) is 17.0 Å². The van der Waals surface area contributed by atoms with E-state index in [1.165, 1.54) is 13.2 Å². The Balaban J connectivity index is 1.58. The summed E-state index contributed by atoms with van der Waals surface area (Å²) >= 11 is 0. The van der Waals surface area contributed by atoms with Gasteiger partial charge in [-0.1, -0.05) is 18.2 Å². The van der Waals surface area contributed by atoms with Crippen molar-refractivity contribution in [1.29, 1.82) is 0 Å². The van der Waals surface area contributed by atoms with Gasteiger partial charge >= 0.3 is 6.09 Å². The van der Waals surface area contributed by atoms with Crippen LogP contribution in [0.15, 0.2) is 48.7 Å². The highest BCUT2D eigenvalue weighted by Crippen LogP contribution is 2.28. The Kier molecular flexibility index (Phi) is 6.18. The van der Waals surface area contributed by atoms with Gasteiger partial charge in [0.2, 0.25) is 0 Å². The molecule has 0 spiro atoms. The van der Waals surface area contributed by atoms with Crippen LogP contribution in [0.5, 0.6) is 5.75 Å². The lowest BCUT2D eigenvalue weighted by molar-refractivity contribution is 0.158. The average molecular weight is 424 g/mol. The van der Waals surface area contributed by atoms with E-state index in [2.05, 4.69) is 5.32 Å². The van der Waals surface area contributed by atoms with Crippen molar-refractivity contribution in [2.75, 3.05) is 33.4 Å². The maximum atomic E-state index is 14.4. The molecule has 0 atom stereocenters. The first-order chi connectivity index (χ1) is 15.1. The van der Waals surface area contributed by atoms with Gasteiger partial charge in [0.25, 0.3) is 0 Å². The highest BCUT2D eigenvalue weighted by atomic mass is 19.1. The van der Waals surface area contributed by atoms with Crippen LogP contribution in [-0.4, -0.2) is 54.1 Å². The summed E-state index contributed by atoms with van der Waals surface area (Å²) in [7, 11) is 1.44. The highest BCUT2D eigenvalue weighted by molar-refractivity contribution is 5.69. The van der Waals surface area contributed by atoms with Crippen LogP contribution in [0.2, 0.25) is 0 Å². The van der Waals surface area contributed by atoms with Crippen molar-refractivity contribution >= 4 is 6.09 Å². The van der Waals surface area contributed by atoms with E-state index < -0.39 is 5.82 Å². The minimum atomic E-state index is -0.433. The molecule has 0 saturated carbocycles. The number of hydrogen-bond donors (Lipinski definition) is 1. The van der Waals surface area contributed by atoms with Gasteiger partial charge in [-0.2, -0.15) is 5.10 Å². The predicted molar refractivity (Wildman–Crippen MR) is 115 cm³/mol. The van der Waals surface area contributed by atoms with Gasteiger partial charge in [-0.05, 0) is 36.8 Å². The molecule has 1 aliphatic heterocycles. The molecular weight excluding hydrogens is 399 g/mol.